The van der Waals surface area contributed by atoms with Gasteiger partial charge in [0.25, 0.3) is 0 Å². The first-order valence-electron chi connectivity index (χ1n) is 4.17. The van der Waals surface area contributed by atoms with Crippen LogP contribution in [0.25, 0.3) is 0 Å². The molecule has 0 aromatic carbocycles. The summed E-state index contributed by atoms with van der Waals surface area (Å²) >= 11 is 0. The van der Waals surface area contributed by atoms with Crippen molar-refractivity contribution in [1.82, 2.24) is 0 Å². The molecule has 0 aromatic heterocycles. The van der Waals surface area contributed by atoms with Gasteiger partial charge < -0.3 is 5.11 Å². The predicted octanol–water partition coefficient (Wildman–Crippen LogP) is 2.51. The Bertz CT molecular complexity index is 76.8. The normalized spacial score (nSPS) is 11.0. The Balaban J connectivity index is 2.88. The van der Waals surface area contributed by atoms with Gasteiger partial charge in [0.05, 0.1) is 0 Å². The minimum absolute atomic E-state index is 0.335. The molecule has 0 unspecified atom stereocenters. The second-order valence-corrected chi connectivity index (χ2v) is 2.48. The van der Waals surface area contributed by atoms with E-state index in [0.29, 0.717) is 6.61 Å². The van der Waals surface area contributed by atoms with Crippen molar-refractivity contribution in [3.63, 3.8) is 0 Å². The average molecular weight is 142 g/mol. The van der Waals surface area contributed by atoms with Crippen LogP contribution in [-0.4, -0.2) is 11.7 Å². The van der Waals surface area contributed by atoms with Crippen molar-refractivity contribution in [1.29, 1.82) is 0 Å². The number of unbranched alkanes of at least 4 members (excludes halogenated alkanes) is 3. The average Bonchev–Trinajstić information content (AvgIpc) is 1.97. The lowest BCUT2D eigenvalue weighted by molar-refractivity contribution is 0.285. The molecule has 0 rings (SSSR count). The summed E-state index contributed by atoms with van der Waals surface area (Å²) < 4.78 is 0. The van der Waals surface area contributed by atoms with Crippen molar-refractivity contribution in [2.45, 2.75) is 39.0 Å². The van der Waals surface area contributed by atoms with E-state index in [-0.39, 0.29) is 0 Å². The fourth-order valence-corrected chi connectivity index (χ4v) is 0.776. The Kier molecular flexibility index (Phi) is 8.44. The number of aliphatic hydroxyl groups is 1. The summed E-state index contributed by atoms with van der Waals surface area (Å²) in [4.78, 5) is 0. The molecular formula is C9H18O. The van der Waals surface area contributed by atoms with E-state index >= 15 is 0 Å². The molecule has 0 aliphatic heterocycles. The number of hydrogen-bond acceptors (Lipinski definition) is 1. The van der Waals surface area contributed by atoms with E-state index < -0.39 is 0 Å². The van der Waals surface area contributed by atoms with Crippen LogP contribution in [0.15, 0.2) is 12.2 Å². The minimum Gasteiger partial charge on any atom is -0.396 e. The van der Waals surface area contributed by atoms with Gasteiger partial charge in [-0.3, -0.25) is 0 Å². The van der Waals surface area contributed by atoms with Gasteiger partial charge in [-0.1, -0.05) is 25.5 Å². The monoisotopic (exact) mass is 142 g/mol. The molecular weight excluding hydrogens is 124 g/mol. The van der Waals surface area contributed by atoms with Crippen molar-refractivity contribution in [2.75, 3.05) is 6.61 Å². The quantitative estimate of drug-likeness (QED) is 0.446. The van der Waals surface area contributed by atoms with E-state index in [1.807, 2.05) is 0 Å². The van der Waals surface area contributed by atoms with Crippen LogP contribution in [0.4, 0.5) is 0 Å². The zero-order chi connectivity index (χ0) is 7.66. The van der Waals surface area contributed by atoms with Crippen LogP contribution in [0.3, 0.4) is 0 Å². The molecule has 0 bridgehead atoms. The highest BCUT2D eigenvalue weighted by molar-refractivity contribution is 4.80. The van der Waals surface area contributed by atoms with Gasteiger partial charge in [0.1, 0.15) is 0 Å². The van der Waals surface area contributed by atoms with Crippen molar-refractivity contribution >= 4 is 0 Å². The molecule has 0 heterocycles. The maximum atomic E-state index is 8.44. The smallest absolute Gasteiger partial charge is 0.0431 e. The Morgan fingerprint density at radius 2 is 1.80 bits per heavy atom. The van der Waals surface area contributed by atoms with Crippen LogP contribution in [-0.2, 0) is 0 Å². The van der Waals surface area contributed by atoms with E-state index in [1.165, 1.54) is 12.8 Å². The third-order valence-electron chi connectivity index (χ3n) is 1.40. The SMILES string of the molecule is CCCC=CCCCCO. The van der Waals surface area contributed by atoms with Crippen molar-refractivity contribution in [2.24, 2.45) is 0 Å². The molecule has 0 fully saturated rings. The highest BCUT2D eigenvalue weighted by atomic mass is 16.2. The van der Waals surface area contributed by atoms with Crippen LogP contribution in [0, 0.1) is 0 Å². The van der Waals surface area contributed by atoms with Crippen molar-refractivity contribution in [3.8, 4) is 0 Å². The maximum Gasteiger partial charge on any atom is 0.0431 e. The van der Waals surface area contributed by atoms with Gasteiger partial charge >= 0.3 is 0 Å². The number of aliphatic hydroxyl groups excluding tert-OH is 1. The van der Waals surface area contributed by atoms with Crippen LogP contribution in [0.5, 0.6) is 0 Å². The maximum absolute atomic E-state index is 8.44. The van der Waals surface area contributed by atoms with Gasteiger partial charge in [-0.15, -0.1) is 0 Å². The summed E-state index contributed by atoms with van der Waals surface area (Å²) in [6.07, 6.45) is 10.0. The first kappa shape index (κ1) is 9.70. The Morgan fingerprint density at radius 3 is 2.40 bits per heavy atom. The molecule has 1 nitrogen and oxygen atoms in total. The van der Waals surface area contributed by atoms with Crippen LogP contribution < -0.4 is 0 Å². The van der Waals surface area contributed by atoms with Crippen LogP contribution in [0.1, 0.15) is 39.0 Å². The second kappa shape index (κ2) is 8.70. The molecule has 0 saturated heterocycles. The molecule has 60 valence electrons. The van der Waals surface area contributed by atoms with Gasteiger partial charge in [0.2, 0.25) is 0 Å². The molecule has 0 radical (unpaired) electrons. The van der Waals surface area contributed by atoms with Crippen LogP contribution >= 0.6 is 0 Å². The van der Waals surface area contributed by atoms with E-state index in [0.717, 1.165) is 19.3 Å². The number of rotatable bonds is 6. The second-order valence-electron chi connectivity index (χ2n) is 2.48. The largest absolute Gasteiger partial charge is 0.396 e. The van der Waals surface area contributed by atoms with E-state index in [2.05, 4.69) is 19.1 Å². The summed E-state index contributed by atoms with van der Waals surface area (Å²) in [6.45, 7) is 2.51. The van der Waals surface area contributed by atoms with Crippen molar-refractivity contribution < 1.29 is 5.11 Å². The fourth-order valence-electron chi connectivity index (χ4n) is 0.776. The molecule has 0 spiro atoms. The van der Waals surface area contributed by atoms with Gasteiger partial charge in [0.15, 0.2) is 0 Å². The lowest BCUT2D eigenvalue weighted by Crippen LogP contribution is -1.80. The van der Waals surface area contributed by atoms with E-state index in [4.69, 9.17) is 5.11 Å². The molecule has 0 aromatic rings. The van der Waals surface area contributed by atoms with Gasteiger partial charge in [-0.2, -0.15) is 0 Å². The van der Waals surface area contributed by atoms with Gasteiger partial charge in [-0.25, -0.2) is 0 Å². The zero-order valence-corrected chi connectivity index (χ0v) is 6.84. The first-order chi connectivity index (χ1) is 4.91. The van der Waals surface area contributed by atoms with Gasteiger partial charge in [-0.05, 0) is 25.7 Å². The summed E-state index contributed by atoms with van der Waals surface area (Å²) in [5.41, 5.74) is 0. The Morgan fingerprint density at radius 1 is 1.10 bits per heavy atom. The zero-order valence-electron chi connectivity index (χ0n) is 6.84. The molecule has 10 heavy (non-hydrogen) atoms. The van der Waals surface area contributed by atoms with Gasteiger partial charge in [0, 0.05) is 6.61 Å². The third kappa shape index (κ3) is 7.70. The van der Waals surface area contributed by atoms with Crippen molar-refractivity contribution in [3.05, 3.63) is 12.2 Å². The molecule has 0 saturated carbocycles. The standard InChI is InChI=1S/C9H18O/c1-2-3-4-5-6-7-8-9-10/h4-5,10H,2-3,6-9H2,1H3. The predicted molar refractivity (Wildman–Crippen MR) is 45.0 cm³/mol. The molecule has 0 aliphatic rings. The topological polar surface area (TPSA) is 20.2 Å². The summed E-state index contributed by atoms with van der Waals surface area (Å²) in [7, 11) is 0. The summed E-state index contributed by atoms with van der Waals surface area (Å²) in [5, 5.41) is 8.44. The summed E-state index contributed by atoms with van der Waals surface area (Å²) in [6, 6.07) is 0. The highest BCUT2D eigenvalue weighted by Gasteiger charge is 1.81. The number of allylic oxidation sites excluding steroid dienone is 2. The Labute approximate surface area is 63.8 Å². The van der Waals surface area contributed by atoms with E-state index in [9.17, 15) is 0 Å². The molecule has 0 atom stereocenters. The first-order valence-corrected chi connectivity index (χ1v) is 4.17. The molecule has 1 heteroatoms. The fraction of sp³-hybridized carbons (Fsp3) is 0.778. The van der Waals surface area contributed by atoms with E-state index in [1.54, 1.807) is 0 Å². The number of hydrogen-bond donors (Lipinski definition) is 1. The molecule has 1 N–H and O–H groups in total. The summed E-state index contributed by atoms with van der Waals surface area (Å²) in [5.74, 6) is 0. The van der Waals surface area contributed by atoms with Crippen LogP contribution in [0.2, 0.25) is 0 Å². The lowest BCUT2D eigenvalue weighted by atomic mass is 10.2. The minimum atomic E-state index is 0.335. The molecule has 0 aliphatic carbocycles. The Hall–Kier alpha value is -0.300. The lowest BCUT2D eigenvalue weighted by Gasteiger charge is -1.90. The molecule has 0 amide bonds. The highest BCUT2D eigenvalue weighted by Crippen LogP contribution is 1.97. The third-order valence-corrected chi connectivity index (χ3v) is 1.40.